The molecule has 0 N–H and O–H groups in total. The van der Waals surface area contributed by atoms with Crippen molar-refractivity contribution >= 4 is 11.6 Å². The van der Waals surface area contributed by atoms with Gasteiger partial charge in [-0.15, -0.1) is 0 Å². The minimum absolute atomic E-state index is 0.0624. The molecule has 0 unspecified atom stereocenters. The molecule has 0 bridgehead atoms. The predicted molar refractivity (Wildman–Crippen MR) is 112 cm³/mol. The third-order valence-corrected chi connectivity index (χ3v) is 7.55. The van der Waals surface area contributed by atoms with Crippen LogP contribution in [-0.4, -0.2) is 25.6 Å². The fourth-order valence-corrected chi connectivity index (χ4v) is 5.58. The van der Waals surface area contributed by atoms with Gasteiger partial charge in [0, 0.05) is 0 Å². The first-order chi connectivity index (χ1) is 14.2. The smallest absolute Gasteiger partial charge is 0.157 e. The van der Waals surface area contributed by atoms with Crippen LogP contribution in [-0.2, 0) is 20.8 Å². The number of rotatable bonds is 7. The lowest BCUT2D eigenvalue weighted by Gasteiger charge is -2.38. The van der Waals surface area contributed by atoms with Gasteiger partial charge in [-0.2, -0.15) is 0 Å². The van der Waals surface area contributed by atoms with Gasteiger partial charge in [0.05, 0.1) is 30.9 Å². The van der Waals surface area contributed by atoms with E-state index < -0.39 is 0 Å². The van der Waals surface area contributed by atoms with E-state index in [0.717, 1.165) is 55.8 Å². The normalized spacial score (nSPS) is 31.2. The van der Waals surface area contributed by atoms with Crippen molar-refractivity contribution in [2.24, 2.45) is 17.8 Å². The molecule has 1 aromatic carbocycles. The van der Waals surface area contributed by atoms with Gasteiger partial charge in [-0.1, -0.05) is 30.5 Å². The average molecular weight is 425 g/mol. The summed E-state index contributed by atoms with van der Waals surface area (Å²) in [5, 5.41) is 0.171. The maximum absolute atomic E-state index is 13.6. The molecule has 5 heteroatoms. The second-order valence-electron chi connectivity index (χ2n) is 9.13. The molecule has 0 aromatic heterocycles. The Labute approximate surface area is 179 Å². The zero-order chi connectivity index (χ0) is 20.1. The minimum Gasteiger partial charge on any atom is -0.374 e. The second kappa shape index (κ2) is 10.6. The van der Waals surface area contributed by atoms with E-state index in [1.54, 1.807) is 6.07 Å². The molecule has 1 heterocycles. The van der Waals surface area contributed by atoms with Crippen LogP contribution >= 0.6 is 11.6 Å². The number of hydrogen-bond acceptors (Lipinski definition) is 3. The van der Waals surface area contributed by atoms with Crippen molar-refractivity contribution in [1.82, 2.24) is 0 Å². The van der Waals surface area contributed by atoms with Crippen LogP contribution in [0.1, 0.15) is 69.8 Å². The Bertz CT molecular complexity index is 633. The lowest BCUT2D eigenvalue weighted by molar-refractivity contribution is -0.0516. The van der Waals surface area contributed by atoms with Crippen molar-refractivity contribution in [3.05, 3.63) is 34.6 Å². The lowest BCUT2D eigenvalue weighted by atomic mass is 9.70. The van der Waals surface area contributed by atoms with Gasteiger partial charge in [-0.25, -0.2) is 4.39 Å². The van der Waals surface area contributed by atoms with Gasteiger partial charge in [0.2, 0.25) is 0 Å². The molecule has 4 rings (SSSR count). The second-order valence-corrected chi connectivity index (χ2v) is 9.53. The molecule has 1 aliphatic heterocycles. The molecule has 3 fully saturated rings. The molecule has 29 heavy (non-hydrogen) atoms. The minimum atomic E-state index is -0.365. The van der Waals surface area contributed by atoms with E-state index in [9.17, 15) is 4.39 Å². The quantitative estimate of drug-likeness (QED) is 0.499. The summed E-state index contributed by atoms with van der Waals surface area (Å²) in [4.78, 5) is 0. The monoisotopic (exact) mass is 424 g/mol. The molecule has 0 amide bonds. The molecule has 0 atom stereocenters. The van der Waals surface area contributed by atoms with E-state index in [-0.39, 0.29) is 17.1 Å². The number of ether oxygens (including phenoxy) is 3. The highest BCUT2D eigenvalue weighted by Crippen LogP contribution is 2.41. The standard InChI is InChI=1S/C24H34ClFO3/c25-22-11-3-18(15-23(22)26)16-29-21-9-7-20(8-10-21)19-5-1-17(2-6-19)4-12-24-27-13-14-28-24/h3,11,15,17,19-21,24H,1-2,4-10,12-14,16H2. The van der Waals surface area contributed by atoms with E-state index in [1.165, 1.54) is 51.0 Å². The summed E-state index contributed by atoms with van der Waals surface area (Å²) in [5.74, 6) is 2.26. The van der Waals surface area contributed by atoms with Crippen molar-refractivity contribution in [2.75, 3.05) is 13.2 Å². The van der Waals surface area contributed by atoms with Crippen LogP contribution in [0.25, 0.3) is 0 Å². The SMILES string of the molecule is Fc1cc(COC2CCC(C3CCC(CCC4OCCO4)CC3)CC2)ccc1Cl. The lowest BCUT2D eigenvalue weighted by Crippen LogP contribution is -2.28. The summed E-state index contributed by atoms with van der Waals surface area (Å²) in [6.45, 7) is 2.00. The van der Waals surface area contributed by atoms with Gasteiger partial charge in [-0.05, 0) is 86.8 Å². The third-order valence-electron chi connectivity index (χ3n) is 7.25. The van der Waals surface area contributed by atoms with Gasteiger partial charge in [0.25, 0.3) is 0 Å². The van der Waals surface area contributed by atoms with Gasteiger partial charge in [0.15, 0.2) is 6.29 Å². The fraction of sp³-hybridized carbons (Fsp3) is 0.750. The molecule has 0 radical (unpaired) electrons. The molecule has 2 aliphatic carbocycles. The average Bonchev–Trinajstić information content (AvgIpc) is 3.28. The largest absolute Gasteiger partial charge is 0.374 e. The van der Waals surface area contributed by atoms with Crippen molar-refractivity contribution in [3.8, 4) is 0 Å². The van der Waals surface area contributed by atoms with E-state index >= 15 is 0 Å². The maximum atomic E-state index is 13.6. The Morgan fingerprint density at radius 2 is 1.55 bits per heavy atom. The molecular weight excluding hydrogens is 391 g/mol. The molecule has 162 valence electrons. The van der Waals surface area contributed by atoms with Crippen molar-refractivity contribution < 1.29 is 18.6 Å². The van der Waals surface area contributed by atoms with E-state index in [1.807, 2.05) is 6.07 Å². The summed E-state index contributed by atoms with van der Waals surface area (Å²) >= 11 is 5.75. The molecule has 1 saturated heterocycles. The number of halogens is 2. The first-order valence-electron chi connectivity index (χ1n) is 11.5. The summed E-state index contributed by atoms with van der Waals surface area (Å²) < 4.78 is 30.8. The Morgan fingerprint density at radius 1 is 0.897 bits per heavy atom. The van der Waals surface area contributed by atoms with Crippen LogP contribution in [0.5, 0.6) is 0 Å². The highest BCUT2D eigenvalue weighted by atomic mass is 35.5. The molecule has 1 aromatic rings. The Hall–Kier alpha value is -0.680. The molecule has 3 nitrogen and oxygen atoms in total. The van der Waals surface area contributed by atoms with Crippen LogP contribution in [0.3, 0.4) is 0 Å². The Balaban J connectivity index is 1.12. The predicted octanol–water partition coefficient (Wildman–Crippen LogP) is 6.51. The van der Waals surface area contributed by atoms with Gasteiger partial charge < -0.3 is 14.2 Å². The summed E-state index contributed by atoms with van der Waals surface area (Å²) in [6.07, 6.45) is 13.0. The van der Waals surface area contributed by atoms with Crippen LogP contribution in [0, 0.1) is 23.6 Å². The summed E-state index contributed by atoms with van der Waals surface area (Å²) in [7, 11) is 0. The Morgan fingerprint density at radius 3 is 2.21 bits per heavy atom. The fourth-order valence-electron chi connectivity index (χ4n) is 5.46. The van der Waals surface area contributed by atoms with Crippen molar-refractivity contribution in [1.29, 1.82) is 0 Å². The molecule has 0 spiro atoms. The van der Waals surface area contributed by atoms with Crippen molar-refractivity contribution in [3.63, 3.8) is 0 Å². The highest BCUT2D eigenvalue weighted by molar-refractivity contribution is 6.30. The number of hydrogen-bond donors (Lipinski definition) is 0. The zero-order valence-corrected chi connectivity index (χ0v) is 18.0. The first-order valence-corrected chi connectivity index (χ1v) is 11.8. The van der Waals surface area contributed by atoms with Crippen LogP contribution in [0.15, 0.2) is 18.2 Å². The third kappa shape index (κ3) is 6.16. The maximum Gasteiger partial charge on any atom is 0.157 e. The van der Waals surface area contributed by atoms with E-state index in [0.29, 0.717) is 12.7 Å². The first kappa shape index (κ1) is 21.5. The summed E-state index contributed by atoms with van der Waals surface area (Å²) in [6, 6.07) is 4.94. The van der Waals surface area contributed by atoms with Crippen LogP contribution < -0.4 is 0 Å². The molecule has 3 aliphatic rings. The number of benzene rings is 1. The summed E-state index contributed by atoms with van der Waals surface area (Å²) in [5.41, 5.74) is 0.862. The van der Waals surface area contributed by atoms with Crippen LogP contribution in [0.4, 0.5) is 4.39 Å². The highest BCUT2D eigenvalue weighted by Gasteiger charge is 2.31. The zero-order valence-electron chi connectivity index (χ0n) is 17.3. The van der Waals surface area contributed by atoms with E-state index in [2.05, 4.69) is 0 Å². The van der Waals surface area contributed by atoms with Gasteiger partial charge >= 0.3 is 0 Å². The van der Waals surface area contributed by atoms with Crippen molar-refractivity contribution in [2.45, 2.75) is 83.2 Å². The Kier molecular flexibility index (Phi) is 7.85. The molecular formula is C24H34ClFO3. The molecule has 2 saturated carbocycles. The van der Waals surface area contributed by atoms with Gasteiger partial charge in [0.1, 0.15) is 5.82 Å². The van der Waals surface area contributed by atoms with E-state index in [4.69, 9.17) is 25.8 Å². The topological polar surface area (TPSA) is 27.7 Å². The van der Waals surface area contributed by atoms with Crippen LogP contribution in [0.2, 0.25) is 5.02 Å². The van der Waals surface area contributed by atoms with Gasteiger partial charge in [-0.3, -0.25) is 0 Å².